The smallest absolute Gasteiger partial charge is 0.305 e. The lowest BCUT2D eigenvalue weighted by Gasteiger charge is -2.20. The fourth-order valence-electron chi connectivity index (χ4n) is 9.12. The van der Waals surface area contributed by atoms with Gasteiger partial charge in [-0.25, -0.2) is 0 Å². The molecule has 0 bridgehead atoms. The average molecular weight is 969 g/mol. The van der Waals surface area contributed by atoms with E-state index in [1.165, 1.54) is 205 Å². The Morgan fingerprint density at radius 1 is 0.406 bits per heavy atom. The number of carbonyl (C=O) groups is 2. The van der Waals surface area contributed by atoms with Crippen LogP contribution in [0, 0.1) is 0 Å². The number of allylic oxidation sites excluding steroid dienone is 7. The van der Waals surface area contributed by atoms with Crippen molar-refractivity contribution in [1.29, 1.82) is 0 Å². The molecular formula is C63H117NO5. The first kappa shape index (κ1) is 66.8. The van der Waals surface area contributed by atoms with Crippen LogP contribution >= 0.6 is 0 Å². The highest BCUT2D eigenvalue weighted by Crippen LogP contribution is 2.17. The second-order valence-electron chi connectivity index (χ2n) is 20.7. The molecule has 6 heteroatoms. The number of aliphatic hydroxyl groups is 2. The molecule has 0 heterocycles. The number of amides is 1. The molecule has 3 N–H and O–H groups in total. The van der Waals surface area contributed by atoms with Crippen LogP contribution in [0.2, 0.25) is 0 Å². The molecule has 0 radical (unpaired) electrons. The minimum absolute atomic E-state index is 0.0259. The standard InChI is InChI=1S/C63H117NO5/c1-3-5-7-9-11-13-15-17-19-20-21-22-23-24-25-26-28-31-35-39-43-47-51-55-61(66)60(59-65)64-62(67)56-52-48-44-40-36-32-29-27-30-34-38-42-46-50-54-58-69-63(68)57-53-49-45-41-37-33-18-16-14-12-10-8-6-4-2/h10,12,16,18,30,34,51,55,60-61,65-66H,3-9,11,13-15,17,19-29,31-33,35-50,52-54,56-59H2,1-2H3,(H,64,67)/b12-10-,18-16-,34-30-,55-51+. The van der Waals surface area contributed by atoms with E-state index in [1.54, 1.807) is 6.08 Å². The molecule has 0 aromatic heterocycles. The van der Waals surface area contributed by atoms with Gasteiger partial charge >= 0.3 is 5.97 Å². The van der Waals surface area contributed by atoms with Gasteiger partial charge in [-0.3, -0.25) is 9.59 Å². The van der Waals surface area contributed by atoms with Gasteiger partial charge in [0.2, 0.25) is 5.91 Å². The van der Waals surface area contributed by atoms with E-state index < -0.39 is 12.1 Å². The summed E-state index contributed by atoms with van der Waals surface area (Å²) in [5.74, 6) is -0.108. The van der Waals surface area contributed by atoms with Crippen LogP contribution in [0.4, 0.5) is 0 Å². The van der Waals surface area contributed by atoms with Crippen LogP contribution in [-0.2, 0) is 14.3 Å². The fraction of sp³-hybridized carbons (Fsp3) is 0.841. The van der Waals surface area contributed by atoms with Crippen molar-refractivity contribution in [1.82, 2.24) is 5.32 Å². The highest BCUT2D eigenvalue weighted by atomic mass is 16.5. The minimum atomic E-state index is -0.857. The number of hydrogen-bond donors (Lipinski definition) is 3. The molecule has 0 saturated heterocycles. The van der Waals surface area contributed by atoms with Gasteiger partial charge in [0.1, 0.15) is 0 Å². The van der Waals surface area contributed by atoms with Gasteiger partial charge in [0.25, 0.3) is 0 Å². The van der Waals surface area contributed by atoms with Gasteiger partial charge in [-0.2, -0.15) is 0 Å². The maximum Gasteiger partial charge on any atom is 0.305 e. The zero-order chi connectivity index (χ0) is 50.0. The maximum absolute atomic E-state index is 12.5. The molecule has 0 fully saturated rings. The Morgan fingerprint density at radius 3 is 1.16 bits per heavy atom. The maximum atomic E-state index is 12.5. The molecule has 69 heavy (non-hydrogen) atoms. The number of esters is 1. The zero-order valence-electron chi connectivity index (χ0n) is 46.0. The molecule has 404 valence electrons. The van der Waals surface area contributed by atoms with Gasteiger partial charge in [-0.1, -0.05) is 268 Å². The monoisotopic (exact) mass is 968 g/mol. The lowest BCUT2D eigenvalue weighted by molar-refractivity contribution is -0.143. The summed E-state index contributed by atoms with van der Waals surface area (Å²) in [6, 6.07) is -0.642. The average Bonchev–Trinajstić information content (AvgIpc) is 3.35. The van der Waals surface area contributed by atoms with Crippen LogP contribution < -0.4 is 5.32 Å². The summed E-state index contributed by atoms with van der Waals surface area (Å²) >= 11 is 0. The number of hydrogen-bond acceptors (Lipinski definition) is 5. The van der Waals surface area contributed by atoms with E-state index in [9.17, 15) is 19.8 Å². The van der Waals surface area contributed by atoms with Crippen LogP contribution in [0.25, 0.3) is 0 Å². The number of carbonyl (C=O) groups excluding carboxylic acids is 2. The quantitative estimate of drug-likeness (QED) is 0.0321. The van der Waals surface area contributed by atoms with Gasteiger partial charge < -0.3 is 20.3 Å². The Labute approximate surface area is 429 Å². The second kappa shape index (κ2) is 58.4. The van der Waals surface area contributed by atoms with Crippen molar-refractivity contribution in [3.05, 3.63) is 48.6 Å². The Kier molecular flexibility index (Phi) is 56.5. The van der Waals surface area contributed by atoms with E-state index >= 15 is 0 Å². The Morgan fingerprint density at radius 2 is 0.739 bits per heavy atom. The third-order valence-electron chi connectivity index (χ3n) is 13.8. The first-order chi connectivity index (χ1) is 34.0. The summed E-state index contributed by atoms with van der Waals surface area (Å²) in [6.45, 7) is 4.83. The normalized spacial score (nSPS) is 12.9. The number of ether oxygens (including phenoxy) is 1. The van der Waals surface area contributed by atoms with Gasteiger partial charge in [0.05, 0.1) is 25.4 Å². The highest BCUT2D eigenvalue weighted by molar-refractivity contribution is 5.76. The fourth-order valence-corrected chi connectivity index (χ4v) is 9.12. The number of nitrogens with one attached hydrogen (secondary N) is 1. The van der Waals surface area contributed by atoms with Crippen molar-refractivity contribution in [3.63, 3.8) is 0 Å². The topological polar surface area (TPSA) is 95.9 Å². The van der Waals surface area contributed by atoms with E-state index in [-0.39, 0.29) is 18.5 Å². The van der Waals surface area contributed by atoms with Crippen LogP contribution in [0.1, 0.15) is 316 Å². The van der Waals surface area contributed by atoms with Crippen molar-refractivity contribution in [2.24, 2.45) is 0 Å². The molecule has 0 aliphatic carbocycles. The summed E-state index contributed by atoms with van der Waals surface area (Å²) in [5, 5.41) is 23.2. The molecule has 0 aromatic carbocycles. The minimum Gasteiger partial charge on any atom is -0.466 e. The molecule has 0 aromatic rings. The van der Waals surface area contributed by atoms with Crippen LogP contribution in [0.5, 0.6) is 0 Å². The van der Waals surface area contributed by atoms with E-state index in [0.717, 1.165) is 83.5 Å². The Bertz CT molecular complexity index is 1160. The number of unbranched alkanes of at least 4 members (excludes halogenated alkanes) is 39. The first-order valence-electron chi connectivity index (χ1n) is 30.4. The molecule has 0 aliphatic rings. The summed E-state index contributed by atoms with van der Waals surface area (Å²) in [4.78, 5) is 24.5. The molecule has 0 saturated carbocycles. The highest BCUT2D eigenvalue weighted by Gasteiger charge is 2.18. The SMILES string of the molecule is CCCC/C=C\C/C=C\CCCCCCCC(=O)OCCCCCC/C=C\CCCCCCCCCC(=O)NC(CO)C(O)/C=C/CCCCCCCCCCCCCCCCCCCCCCC. The van der Waals surface area contributed by atoms with E-state index in [1.807, 2.05) is 6.08 Å². The second-order valence-corrected chi connectivity index (χ2v) is 20.7. The van der Waals surface area contributed by atoms with E-state index in [2.05, 4.69) is 55.6 Å². The third-order valence-corrected chi connectivity index (χ3v) is 13.8. The van der Waals surface area contributed by atoms with Gasteiger partial charge in [-0.05, 0) is 83.5 Å². The van der Waals surface area contributed by atoms with Crippen LogP contribution in [0.15, 0.2) is 48.6 Å². The van der Waals surface area contributed by atoms with Crippen molar-refractivity contribution >= 4 is 11.9 Å². The third kappa shape index (κ3) is 55.0. The molecule has 1 amide bonds. The van der Waals surface area contributed by atoms with Crippen molar-refractivity contribution in [2.75, 3.05) is 13.2 Å². The molecule has 0 rings (SSSR count). The first-order valence-corrected chi connectivity index (χ1v) is 30.4. The molecule has 0 aliphatic heterocycles. The van der Waals surface area contributed by atoms with Gasteiger partial charge in [0.15, 0.2) is 0 Å². The van der Waals surface area contributed by atoms with Crippen molar-refractivity contribution < 1.29 is 24.5 Å². The van der Waals surface area contributed by atoms with Gasteiger partial charge in [-0.15, -0.1) is 0 Å². The lowest BCUT2D eigenvalue weighted by Crippen LogP contribution is -2.45. The van der Waals surface area contributed by atoms with Crippen LogP contribution in [-0.4, -0.2) is 47.4 Å². The summed E-state index contributed by atoms with van der Waals surface area (Å²) < 4.78 is 5.45. The Balaban J connectivity index is 3.52. The van der Waals surface area contributed by atoms with E-state index in [0.29, 0.717) is 19.4 Å². The van der Waals surface area contributed by atoms with Crippen LogP contribution in [0.3, 0.4) is 0 Å². The molecule has 6 nitrogen and oxygen atoms in total. The largest absolute Gasteiger partial charge is 0.466 e. The summed E-state index contributed by atoms with van der Waals surface area (Å²) in [5.41, 5.74) is 0. The predicted octanol–water partition coefficient (Wildman–Crippen LogP) is 19.0. The Hall–Kier alpha value is -2.18. The van der Waals surface area contributed by atoms with E-state index in [4.69, 9.17) is 4.74 Å². The lowest BCUT2D eigenvalue weighted by atomic mass is 10.0. The number of aliphatic hydroxyl groups excluding tert-OH is 2. The van der Waals surface area contributed by atoms with Gasteiger partial charge in [0, 0.05) is 12.8 Å². The predicted molar refractivity (Wildman–Crippen MR) is 301 cm³/mol. The van der Waals surface area contributed by atoms with Crippen molar-refractivity contribution in [2.45, 2.75) is 328 Å². The summed E-state index contributed by atoms with van der Waals surface area (Å²) in [7, 11) is 0. The number of rotatable bonds is 56. The summed E-state index contributed by atoms with van der Waals surface area (Å²) in [6.07, 6.45) is 74.2. The molecule has 0 spiro atoms. The molecular weight excluding hydrogens is 851 g/mol. The zero-order valence-corrected chi connectivity index (χ0v) is 46.0. The molecule has 2 atom stereocenters. The van der Waals surface area contributed by atoms with Crippen molar-refractivity contribution in [3.8, 4) is 0 Å². The molecule has 2 unspecified atom stereocenters.